The van der Waals surface area contributed by atoms with Crippen molar-refractivity contribution in [1.82, 2.24) is 9.88 Å². The van der Waals surface area contributed by atoms with E-state index < -0.39 is 23.9 Å². The minimum absolute atomic E-state index is 0.0560. The number of benzene rings is 2. The highest BCUT2D eigenvalue weighted by Crippen LogP contribution is 2.29. The maximum Gasteiger partial charge on any atom is 0.339 e. The molecule has 1 unspecified atom stereocenters. The summed E-state index contributed by atoms with van der Waals surface area (Å²) in [6, 6.07) is 11.5. The molecule has 8 nitrogen and oxygen atoms in total. The Labute approximate surface area is 201 Å². The summed E-state index contributed by atoms with van der Waals surface area (Å²) >= 11 is 5.88. The van der Waals surface area contributed by atoms with E-state index in [1.165, 1.54) is 25.1 Å². The van der Waals surface area contributed by atoms with Crippen molar-refractivity contribution in [3.05, 3.63) is 69.9 Å². The van der Waals surface area contributed by atoms with Crippen molar-refractivity contribution in [3.63, 3.8) is 0 Å². The monoisotopic (exact) mass is 481 g/mol. The summed E-state index contributed by atoms with van der Waals surface area (Å²) < 4.78 is 5.58. The molecule has 3 aromatic rings. The van der Waals surface area contributed by atoms with Gasteiger partial charge in [0, 0.05) is 41.8 Å². The highest BCUT2D eigenvalue weighted by molar-refractivity contribution is 6.33. The van der Waals surface area contributed by atoms with Crippen molar-refractivity contribution < 1.29 is 24.2 Å². The lowest BCUT2D eigenvalue weighted by molar-refractivity contribution is -0.123. The average Bonchev–Trinajstić information content (AvgIpc) is 2.82. The van der Waals surface area contributed by atoms with Crippen LogP contribution >= 0.6 is 11.6 Å². The van der Waals surface area contributed by atoms with Crippen molar-refractivity contribution >= 4 is 46.0 Å². The Hall–Kier alpha value is -3.49. The van der Waals surface area contributed by atoms with Crippen molar-refractivity contribution in [3.8, 4) is 0 Å². The van der Waals surface area contributed by atoms with Crippen molar-refractivity contribution in [1.29, 1.82) is 0 Å². The number of carboxylic acids is 1. The SMILES string of the molecule is CCN1CCc2nc3ccccc3c(C(=O)OC(C)C(=O)Nc3ccc(Cl)c(C(=O)O)c3)c2C1. The molecule has 176 valence electrons. The van der Waals surface area contributed by atoms with Gasteiger partial charge in [0.1, 0.15) is 0 Å². The molecule has 0 spiro atoms. The normalized spacial score (nSPS) is 14.3. The van der Waals surface area contributed by atoms with Gasteiger partial charge >= 0.3 is 11.9 Å². The zero-order valence-corrected chi connectivity index (χ0v) is 19.6. The zero-order chi connectivity index (χ0) is 24.4. The molecule has 2 N–H and O–H groups in total. The highest BCUT2D eigenvalue weighted by Gasteiger charge is 2.28. The number of pyridine rings is 1. The van der Waals surface area contributed by atoms with Crippen LogP contribution in [-0.4, -0.2) is 52.0 Å². The number of likely N-dealkylation sites (N-methyl/N-ethyl adjacent to an activating group) is 1. The van der Waals surface area contributed by atoms with Gasteiger partial charge in [0.15, 0.2) is 6.10 Å². The fraction of sp³-hybridized carbons (Fsp3) is 0.280. The highest BCUT2D eigenvalue weighted by atomic mass is 35.5. The van der Waals surface area contributed by atoms with Gasteiger partial charge in [-0.3, -0.25) is 14.7 Å². The predicted molar refractivity (Wildman–Crippen MR) is 128 cm³/mol. The number of carbonyl (C=O) groups excluding carboxylic acids is 2. The molecule has 0 radical (unpaired) electrons. The van der Waals surface area contributed by atoms with Crippen LogP contribution in [0.5, 0.6) is 0 Å². The fourth-order valence-electron chi connectivity index (χ4n) is 4.03. The van der Waals surface area contributed by atoms with Crippen LogP contribution in [-0.2, 0) is 22.5 Å². The first-order chi connectivity index (χ1) is 16.3. The van der Waals surface area contributed by atoms with Gasteiger partial charge in [-0.25, -0.2) is 9.59 Å². The lowest BCUT2D eigenvalue weighted by atomic mass is 9.95. The van der Waals surface area contributed by atoms with Gasteiger partial charge in [0.05, 0.1) is 21.7 Å². The number of amides is 1. The van der Waals surface area contributed by atoms with Crippen LogP contribution in [0.3, 0.4) is 0 Å². The number of aromatic carboxylic acids is 1. The number of nitrogens with one attached hydrogen (secondary N) is 1. The van der Waals surface area contributed by atoms with E-state index in [0.717, 1.165) is 30.8 Å². The van der Waals surface area contributed by atoms with Gasteiger partial charge in [0.25, 0.3) is 5.91 Å². The summed E-state index contributed by atoms with van der Waals surface area (Å²) in [5, 5.41) is 12.5. The maximum absolute atomic E-state index is 13.3. The third kappa shape index (κ3) is 4.73. The number of anilines is 1. The molecule has 9 heteroatoms. The molecule has 1 atom stereocenters. The number of fused-ring (bicyclic) bond motifs is 2. The summed E-state index contributed by atoms with van der Waals surface area (Å²) in [5.74, 6) is -2.40. The van der Waals surface area contributed by atoms with Gasteiger partial charge in [-0.05, 0) is 37.7 Å². The summed E-state index contributed by atoms with van der Waals surface area (Å²) in [4.78, 5) is 44.3. The largest absolute Gasteiger partial charge is 0.478 e. The van der Waals surface area contributed by atoms with E-state index in [4.69, 9.17) is 21.3 Å². The van der Waals surface area contributed by atoms with Crippen LogP contribution in [0.1, 0.15) is 45.8 Å². The quantitative estimate of drug-likeness (QED) is 0.509. The van der Waals surface area contributed by atoms with Crippen LogP contribution in [0.25, 0.3) is 10.9 Å². The summed E-state index contributed by atoms with van der Waals surface area (Å²) in [5.41, 5.74) is 2.93. The molecule has 1 amide bonds. The first kappa shape index (κ1) is 23.7. The molecule has 0 saturated heterocycles. The van der Waals surface area contributed by atoms with E-state index >= 15 is 0 Å². The molecule has 4 rings (SSSR count). The Morgan fingerprint density at radius 1 is 1.24 bits per heavy atom. The van der Waals surface area contributed by atoms with Gasteiger partial charge in [-0.15, -0.1) is 0 Å². The predicted octanol–water partition coefficient (Wildman–Crippen LogP) is 4.15. The minimum Gasteiger partial charge on any atom is -0.478 e. The van der Waals surface area contributed by atoms with Crippen LogP contribution in [0, 0.1) is 0 Å². The van der Waals surface area contributed by atoms with Gasteiger partial charge in [-0.2, -0.15) is 0 Å². The topological polar surface area (TPSA) is 109 Å². The second-order valence-corrected chi connectivity index (χ2v) is 8.49. The molecular formula is C25H24ClN3O5. The standard InChI is InChI=1S/C25H24ClN3O5/c1-3-29-11-10-21-18(13-29)22(16-6-4-5-7-20(16)28-21)25(33)34-14(2)23(30)27-15-8-9-19(26)17(12-15)24(31)32/h4-9,12,14H,3,10-11,13H2,1-2H3,(H,27,30)(H,31,32). The number of hydrogen-bond donors (Lipinski definition) is 2. The van der Waals surface area contributed by atoms with Crippen LogP contribution in [0.2, 0.25) is 5.02 Å². The van der Waals surface area contributed by atoms with E-state index in [1.807, 2.05) is 24.3 Å². The summed E-state index contributed by atoms with van der Waals surface area (Å²) in [6.45, 7) is 5.82. The number of halogens is 1. The van der Waals surface area contributed by atoms with E-state index in [9.17, 15) is 19.5 Å². The second-order valence-electron chi connectivity index (χ2n) is 8.08. The van der Waals surface area contributed by atoms with E-state index in [0.29, 0.717) is 23.0 Å². The molecule has 1 aromatic heterocycles. The van der Waals surface area contributed by atoms with E-state index in [1.54, 1.807) is 0 Å². The summed E-state index contributed by atoms with van der Waals surface area (Å²) in [6.07, 6.45) is -0.391. The number of ether oxygens (including phenoxy) is 1. The molecule has 34 heavy (non-hydrogen) atoms. The number of nitrogens with zero attached hydrogens (tertiary/aromatic N) is 2. The fourth-order valence-corrected chi connectivity index (χ4v) is 4.23. The maximum atomic E-state index is 13.3. The molecule has 2 heterocycles. The van der Waals surface area contributed by atoms with E-state index in [-0.39, 0.29) is 16.3 Å². The molecule has 0 aliphatic carbocycles. The molecule has 2 aromatic carbocycles. The Bertz CT molecular complexity index is 1290. The number of hydrogen-bond acceptors (Lipinski definition) is 6. The van der Waals surface area contributed by atoms with E-state index in [2.05, 4.69) is 17.1 Å². The Morgan fingerprint density at radius 2 is 2.00 bits per heavy atom. The molecule has 0 saturated carbocycles. The molecule has 1 aliphatic heterocycles. The van der Waals surface area contributed by atoms with Crippen LogP contribution in [0.15, 0.2) is 42.5 Å². The lowest BCUT2D eigenvalue weighted by Gasteiger charge is -2.29. The average molecular weight is 482 g/mol. The number of rotatable bonds is 6. The second kappa shape index (κ2) is 9.79. The van der Waals surface area contributed by atoms with Gasteiger partial charge < -0.3 is 15.2 Å². The first-order valence-electron chi connectivity index (χ1n) is 11.0. The van der Waals surface area contributed by atoms with Crippen molar-refractivity contribution in [2.75, 3.05) is 18.4 Å². The Kier molecular flexibility index (Phi) is 6.81. The van der Waals surface area contributed by atoms with Gasteiger partial charge in [-0.1, -0.05) is 36.7 Å². The van der Waals surface area contributed by atoms with Gasteiger partial charge in [0.2, 0.25) is 0 Å². The van der Waals surface area contributed by atoms with Crippen molar-refractivity contribution in [2.24, 2.45) is 0 Å². The van der Waals surface area contributed by atoms with Crippen LogP contribution < -0.4 is 5.32 Å². The number of para-hydroxylation sites is 1. The summed E-state index contributed by atoms with van der Waals surface area (Å²) in [7, 11) is 0. The molecule has 0 bridgehead atoms. The first-order valence-corrected chi connectivity index (χ1v) is 11.3. The number of esters is 1. The molecule has 1 aliphatic rings. The number of carboxylic acid groups (broad SMARTS) is 1. The van der Waals surface area contributed by atoms with Crippen LogP contribution in [0.4, 0.5) is 5.69 Å². The Balaban J connectivity index is 1.59. The lowest BCUT2D eigenvalue weighted by Crippen LogP contribution is -2.34. The van der Waals surface area contributed by atoms with Crippen molar-refractivity contribution in [2.45, 2.75) is 32.9 Å². The third-order valence-corrected chi connectivity index (χ3v) is 6.22. The zero-order valence-electron chi connectivity index (χ0n) is 18.8. The minimum atomic E-state index is -1.21. The Morgan fingerprint density at radius 3 is 2.74 bits per heavy atom. The molecular weight excluding hydrogens is 458 g/mol. The third-order valence-electron chi connectivity index (χ3n) is 5.89. The molecule has 0 fully saturated rings. The smallest absolute Gasteiger partial charge is 0.339 e. The number of aromatic nitrogens is 1. The number of carbonyl (C=O) groups is 3.